The van der Waals surface area contributed by atoms with Crippen LogP contribution in [0.2, 0.25) is 10.0 Å². The second-order valence-corrected chi connectivity index (χ2v) is 7.23. The molecule has 1 aromatic heterocycles. The Morgan fingerprint density at radius 2 is 1.70 bits per heavy atom. The Bertz CT molecular complexity index is 1070. The molecule has 1 unspecified atom stereocenters. The van der Waals surface area contributed by atoms with Gasteiger partial charge in [-0.1, -0.05) is 29.3 Å². The number of aromatic nitrogens is 1. The van der Waals surface area contributed by atoms with Gasteiger partial charge in [-0.15, -0.1) is 20.9 Å². The summed E-state index contributed by atoms with van der Waals surface area (Å²) in [5, 5.41) is 28.3. The van der Waals surface area contributed by atoms with Crippen LogP contribution in [0, 0.1) is 25.7 Å². The molecule has 1 amide bonds. The monoisotopic (exact) mass is 618 g/mol. The van der Waals surface area contributed by atoms with Gasteiger partial charge in [-0.2, -0.15) is 37.1 Å². The minimum atomic E-state index is -3.39. The van der Waals surface area contributed by atoms with E-state index in [1.165, 1.54) is 36.5 Å². The maximum atomic E-state index is 12.5. The first kappa shape index (κ1) is 42.3. The van der Waals surface area contributed by atoms with E-state index < -0.39 is 6.10 Å². The summed E-state index contributed by atoms with van der Waals surface area (Å²) in [6, 6.07) is 13.0. The summed E-state index contributed by atoms with van der Waals surface area (Å²) in [7, 11) is 2.24. The minimum Gasteiger partial charge on any atom is -0.376 e. The zero-order valence-corrected chi connectivity index (χ0v) is 29.8. The quantitative estimate of drug-likeness (QED) is 0.0992. The van der Waals surface area contributed by atoms with Crippen LogP contribution < -0.4 is 113 Å². The molecule has 3 rings (SSSR count). The number of hydrogen-bond donors (Lipinski definition) is 3. The van der Waals surface area contributed by atoms with Crippen molar-refractivity contribution in [1.29, 1.82) is 0 Å². The second-order valence-electron chi connectivity index (χ2n) is 5.83. The van der Waals surface area contributed by atoms with E-state index in [4.69, 9.17) is 38.5 Å². The summed E-state index contributed by atoms with van der Waals surface area (Å²) in [5.74, 6) is -0.604. The predicted octanol–water partition coefficient (Wildman–Crippen LogP) is -2.12. The van der Waals surface area contributed by atoms with Gasteiger partial charge in [-0.3, -0.25) is 9.78 Å². The second kappa shape index (κ2) is 22.5. The molecule has 13 heteroatoms. The molecule has 1 heterocycles. The van der Waals surface area contributed by atoms with Gasteiger partial charge in [0.15, 0.2) is 0 Å². The van der Waals surface area contributed by atoms with Crippen LogP contribution in [-0.4, -0.2) is 39.1 Å². The molecule has 0 saturated heterocycles. The molecular weight excluding hydrogens is 595 g/mol. The van der Waals surface area contributed by atoms with Crippen molar-refractivity contribution in [2.45, 2.75) is 19.9 Å². The third-order valence-corrected chi connectivity index (χ3v) is 5.16. The number of benzene rings is 2. The summed E-state index contributed by atoms with van der Waals surface area (Å²) in [5.41, 5.74) is 1.24. The molecule has 190 valence electrons. The molecule has 0 fully saturated rings. The molecule has 7 nitrogen and oxygen atoms in total. The van der Waals surface area contributed by atoms with Gasteiger partial charge in [0.25, 0.3) is 0 Å². The summed E-state index contributed by atoms with van der Waals surface area (Å²) in [4.78, 5) is 25.4. The van der Waals surface area contributed by atoms with Crippen molar-refractivity contribution < 1.29 is 132 Å². The van der Waals surface area contributed by atoms with E-state index in [1.807, 2.05) is 0 Å². The number of rotatable bonds is 5. The van der Waals surface area contributed by atoms with Gasteiger partial charge >= 0.3 is 109 Å². The molecule has 0 saturated carbocycles. The smallest absolute Gasteiger partial charge is 0.376 e. The van der Waals surface area contributed by atoms with E-state index in [-0.39, 0.29) is 131 Å². The van der Waals surface area contributed by atoms with Crippen LogP contribution in [0.4, 0.5) is 10.2 Å². The van der Waals surface area contributed by atoms with Crippen LogP contribution >= 0.6 is 32.4 Å². The summed E-state index contributed by atoms with van der Waals surface area (Å²) >= 11 is 11.6. The Hall–Kier alpha value is 0.823. The SMILES string of the molecule is Fc1cccc(Cl)c1P.O=[C-]c1ccc(Cl)c(-c2c[c-]c(N(C=O)C(O)(O)O)nc2)c1.[CH2-]C.[CH2-]C.[K+].[K+]. The van der Waals surface area contributed by atoms with Gasteiger partial charge < -0.3 is 34.0 Å². The Kier molecular flexibility index (Phi) is 25.7. The number of halogens is 3. The van der Waals surface area contributed by atoms with Crippen molar-refractivity contribution in [3.63, 3.8) is 0 Å². The molecule has 3 aromatic rings. The van der Waals surface area contributed by atoms with Crippen molar-refractivity contribution in [2.75, 3.05) is 4.90 Å². The third-order valence-electron chi connectivity index (χ3n) is 3.73. The Morgan fingerprint density at radius 1 is 1.11 bits per heavy atom. The Labute approximate surface area is 314 Å². The fourth-order valence-corrected chi connectivity index (χ4v) is 2.79. The van der Waals surface area contributed by atoms with Crippen molar-refractivity contribution in [3.8, 4) is 11.1 Å². The minimum absolute atomic E-state index is 0. The number of nitrogens with zero attached hydrogens (tertiary/aromatic N) is 2. The molecule has 0 aliphatic rings. The van der Waals surface area contributed by atoms with E-state index in [9.17, 15) is 14.0 Å². The molecule has 0 spiro atoms. The van der Waals surface area contributed by atoms with Crippen molar-refractivity contribution >= 4 is 56.3 Å². The molecule has 0 aliphatic heterocycles. The van der Waals surface area contributed by atoms with Gasteiger partial charge in [0, 0.05) is 16.1 Å². The third kappa shape index (κ3) is 14.3. The Balaban J connectivity index is -0.000000650. The summed E-state index contributed by atoms with van der Waals surface area (Å²) < 4.78 is 12.5. The number of carbonyl (C=O) groups is 1. The van der Waals surface area contributed by atoms with Crippen LogP contribution in [-0.2, 0) is 9.59 Å². The number of anilines is 1. The van der Waals surface area contributed by atoms with E-state index in [2.05, 4.69) is 34.1 Å². The van der Waals surface area contributed by atoms with Crippen molar-refractivity contribution in [3.05, 3.63) is 90.0 Å². The summed E-state index contributed by atoms with van der Waals surface area (Å²) in [6.45, 7) is 10.0. The molecule has 3 N–H and O–H groups in total. The van der Waals surface area contributed by atoms with E-state index in [0.717, 1.165) is 0 Å². The maximum Gasteiger partial charge on any atom is 1.00 e. The first-order chi connectivity index (χ1) is 16.6. The number of pyridine rings is 1. The van der Waals surface area contributed by atoms with Crippen LogP contribution in [0.25, 0.3) is 11.1 Å². The average Bonchev–Trinajstić information content (AvgIpc) is 2.86. The normalized spacial score (nSPS) is 9.27. The number of carbonyl (C=O) groups excluding carboxylic acids is 2. The fraction of sp³-hybridized carbons (Fsp3) is 0.125. The molecule has 1 atom stereocenters. The Morgan fingerprint density at radius 3 is 2.11 bits per heavy atom. The first-order valence-corrected chi connectivity index (χ1v) is 11.0. The maximum absolute atomic E-state index is 12.5. The van der Waals surface area contributed by atoms with Crippen LogP contribution in [0.3, 0.4) is 0 Å². The van der Waals surface area contributed by atoms with Crippen LogP contribution in [0.1, 0.15) is 19.4 Å². The molecule has 0 bridgehead atoms. The van der Waals surface area contributed by atoms with Gasteiger partial charge in [-0.05, 0) is 18.3 Å². The van der Waals surface area contributed by atoms with Gasteiger partial charge in [0.1, 0.15) is 5.82 Å². The van der Waals surface area contributed by atoms with E-state index >= 15 is 0 Å². The van der Waals surface area contributed by atoms with Crippen molar-refractivity contribution in [1.82, 2.24) is 4.98 Å². The van der Waals surface area contributed by atoms with E-state index in [0.29, 0.717) is 26.5 Å². The van der Waals surface area contributed by atoms with Gasteiger partial charge in [0.05, 0.1) is 11.3 Å². The molecule has 0 radical (unpaired) electrons. The molecule has 0 aliphatic carbocycles. The molecular formula is C24H24Cl2FK2N2O5P-2. The van der Waals surface area contributed by atoms with Crippen LogP contribution in [0.15, 0.2) is 48.7 Å². The topological polar surface area (TPSA) is 111 Å². The molecule has 2 aromatic carbocycles. The number of aliphatic hydroxyl groups is 3. The van der Waals surface area contributed by atoms with Crippen LogP contribution in [0.5, 0.6) is 0 Å². The largest absolute Gasteiger partial charge is 1.00 e. The fourth-order valence-electron chi connectivity index (χ4n) is 2.21. The number of amides is 1. The number of hydrogen-bond acceptors (Lipinski definition) is 6. The first-order valence-electron chi connectivity index (χ1n) is 9.67. The zero-order valence-electron chi connectivity index (χ0n) is 20.9. The molecule has 37 heavy (non-hydrogen) atoms. The van der Waals surface area contributed by atoms with E-state index in [1.54, 1.807) is 32.3 Å². The predicted molar refractivity (Wildman–Crippen MR) is 139 cm³/mol. The standard InChI is InChI=1S/C14H9ClN2O5.C6H5ClFP.2C2H5.2K/c15-12-3-1-9(7-18)5-11(12)10-2-4-13(16-6-10)17(8-19)14(20,21)22;7-4-2-1-3-5(8)6(4)9;2*1-2;;/h1-3,5-6,8,20-22H;1-3H,9H2;2*1H2,2H3;;/q-2;;2*-1;2*+1. The van der Waals surface area contributed by atoms with Gasteiger partial charge in [-0.25, -0.2) is 21.4 Å². The zero-order chi connectivity index (χ0) is 27.2. The summed E-state index contributed by atoms with van der Waals surface area (Å²) in [6.07, 6.45) is -0.415. The van der Waals surface area contributed by atoms with Crippen molar-refractivity contribution in [2.24, 2.45) is 0 Å². The average molecular weight is 620 g/mol. The van der Waals surface area contributed by atoms with Gasteiger partial charge in [0.2, 0.25) is 6.41 Å².